The zero-order valence-electron chi connectivity index (χ0n) is 16.3. The quantitative estimate of drug-likeness (QED) is 0.439. The van der Waals surface area contributed by atoms with E-state index >= 15 is 0 Å². The average molecular weight is 446 g/mol. The average Bonchev–Trinajstić information content (AvgIpc) is 2.75. The lowest BCUT2D eigenvalue weighted by atomic mass is 10.1. The van der Waals surface area contributed by atoms with E-state index in [0.29, 0.717) is 0 Å². The molecule has 7 nitrogen and oxygen atoms in total. The van der Waals surface area contributed by atoms with E-state index < -0.39 is 26.1 Å². The van der Waals surface area contributed by atoms with Crippen molar-refractivity contribution >= 4 is 20.0 Å². The summed E-state index contributed by atoms with van der Waals surface area (Å²) >= 11 is 0. The molecule has 30 heavy (non-hydrogen) atoms. The molecule has 9 heteroatoms. The minimum absolute atomic E-state index is 0.0580. The molecule has 0 aliphatic carbocycles. The van der Waals surface area contributed by atoms with Crippen molar-refractivity contribution in [1.82, 2.24) is 15.0 Å². The van der Waals surface area contributed by atoms with Gasteiger partial charge in [0.1, 0.15) is 0 Å². The molecule has 3 N–H and O–H groups in total. The minimum Gasteiger partial charge on any atom is -0.235 e. The Hall–Kier alpha value is -2.56. The van der Waals surface area contributed by atoms with Crippen LogP contribution in [0.4, 0.5) is 0 Å². The van der Waals surface area contributed by atoms with Crippen LogP contribution >= 0.6 is 0 Å². The van der Waals surface area contributed by atoms with Gasteiger partial charge in [0, 0.05) is 6.54 Å². The first-order chi connectivity index (χ1) is 14.3. The third-order valence-corrected chi connectivity index (χ3v) is 7.15. The summed E-state index contributed by atoms with van der Waals surface area (Å²) in [5, 5.41) is 0. The van der Waals surface area contributed by atoms with Crippen LogP contribution < -0.4 is 15.0 Å². The smallest absolute Gasteiger partial charge is 0.235 e. The molecule has 3 rings (SSSR count). The van der Waals surface area contributed by atoms with Gasteiger partial charge in [-0.3, -0.25) is 0 Å². The second-order valence-electron chi connectivity index (χ2n) is 6.69. The molecule has 0 saturated heterocycles. The molecule has 0 fully saturated rings. The summed E-state index contributed by atoms with van der Waals surface area (Å²) in [6.45, 7) is 1.82. The zero-order valence-corrected chi connectivity index (χ0v) is 17.9. The van der Waals surface area contributed by atoms with Crippen LogP contribution in [0.15, 0.2) is 94.7 Å². The van der Waals surface area contributed by atoms with Crippen molar-refractivity contribution in [2.75, 3.05) is 6.54 Å². The summed E-state index contributed by atoms with van der Waals surface area (Å²) in [5.41, 5.74) is 4.42. The number of sulfonamides is 2. The van der Waals surface area contributed by atoms with Gasteiger partial charge in [-0.25, -0.2) is 27.0 Å². The highest BCUT2D eigenvalue weighted by Crippen LogP contribution is 2.15. The van der Waals surface area contributed by atoms with E-state index in [4.69, 9.17) is 0 Å². The van der Waals surface area contributed by atoms with Crippen LogP contribution in [0.2, 0.25) is 0 Å². The largest absolute Gasteiger partial charge is 0.253 e. The molecule has 3 aromatic carbocycles. The normalized spacial score (nSPS) is 13.1. The molecule has 0 heterocycles. The van der Waals surface area contributed by atoms with Gasteiger partial charge in [-0.15, -0.1) is 4.83 Å². The van der Waals surface area contributed by atoms with Crippen molar-refractivity contribution < 1.29 is 16.8 Å². The predicted octanol–water partition coefficient (Wildman–Crippen LogP) is 2.50. The molecule has 0 radical (unpaired) electrons. The second-order valence-corrected chi connectivity index (χ2v) is 10.1. The van der Waals surface area contributed by atoms with E-state index in [1.165, 1.54) is 24.3 Å². The molecule has 1 atom stereocenters. The number of hydrazine groups is 1. The maximum absolute atomic E-state index is 12.6. The van der Waals surface area contributed by atoms with Crippen LogP contribution in [0.3, 0.4) is 0 Å². The van der Waals surface area contributed by atoms with Gasteiger partial charge in [0.2, 0.25) is 10.0 Å². The highest BCUT2D eigenvalue weighted by atomic mass is 32.2. The molecule has 0 aliphatic rings. The van der Waals surface area contributed by atoms with Gasteiger partial charge in [0.15, 0.2) is 0 Å². The number of hydrogen-bond donors (Lipinski definition) is 3. The third kappa shape index (κ3) is 5.74. The molecule has 0 aliphatic heterocycles. The van der Waals surface area contributed by atoms with E-state index in [2.05, 4.69) is 15.0 Å². The van der Waals surface area contributed by atoms with Gasteiger partial charge >= 0.3 is 0 Å². The molecular formula is C21H23N3O4S2. The fraction of sp³-hybridized carbons (Fsp3) is 0.143. The number of benzene rings is 3. The van der Waals surface area contributed by atoms with Crippen molar-refractivity contribution in [2.45, 2.75) is 22.8 Å². The van der Waals surface area contributed by atoms with Crippen LogP contribution in [-0.2, 0) is 20.0 Å². The van der Waals surface area contributed by atoms with E-state index in [9.17, 15) is 16.8 Å². The van der Waals surface area contributed by atoms with Gasteiger partial charge in [0.05, 0.1) is 15.8 Å². The highest BCUT2D eigenvalue weighted by Gasteiger charge is 2.20. The SMILES string of the molecule is Cc1ccc(S(=O)(=O)NC[C@@H](NNS(=O)(=O)c2ccccc2)c2ccccc2)cc1. The summed E-state index contributed by atoms with van der Waals surface area (Å²) in [7, 11) is -7.57. The Bertz CT molecular complexity index is 1170. The monoisotopic (exact) mass is 445 g/mol. The van der Waals surface area contributed by atoms with Crippen LogP contribution in [0.5, 0.6) is 0 Å². The molecule has 0 bridgehead atoms. The van der Waals surface area contributed by atoms with Crippen molar-refractivity contribution in [3.63, 3.8) is 0 Å². The third-order valence-electron chi connectivity index (χ3n) is 4.43. The van der Waals surface area contributed by atoms with Gasteiger partial charge < -0.3 is 0 Å². The lowest BCUT2D eigenvalue weighted by Gasteiger charge is -2.20. The standard InChI is InChI=1S/C21H23N3O4S2/c1-17-12-14-20(15-13-17)29(25,26)22-16-21(18-8-4-2-5-9-18)23-24-30(27,28)19-10-6-3-7-11-19/h2-15,21-24H,16H2,1H3/t21-/m1/s1. The lowest BCUT2D eigenvalue weighted by molar-refractivity contribution is 0.482. The van der Waals surface area contributed by atoms with Crippen LogP contribution in [0.1, 0.15) is 17.2 Å². The Kier molecular flexibility index (Phi) is 7.01. The second kappa shape index (κ2) is 9.50. The lowest BCUT2D eigenvalue weighted by Crippen LogP contribution is -2.44. The van der Waals surface area contributed by atoms with E-state index in [0.717, 1.165) is 11.1 Å². The van der Waals surface area contributed by atoms with Gasteiger partial charge in [0.25, 0.3) is 10.0 Å². The topological polar surface area (TPSA) is 104 Å². The first-order valence-electron chi connectivity index (χ1n) is 9.22. The highest BCUT2D eigenvalue weighted by molar-refractivity contribution is 7.89. The minimum atomic E-state index is -3.81. The van der Waals surface area contributed by atoms with Crippen molar-refractivity contribution in [3.05, 3.63) is 96.1 Å². The summed E-state index contributed by atoms with van der Waals surface area (Å²) in [6.07, 6.45) is 0. The number of rotatable bonds is 9. The van der Waals surface area contributed by atoms with Crippen LogP contribution in [0, 0.1) is 6.92 Å². The fourth-order valence-electron chi connectivity index (χ4n) is 2.74. The molecule has 0 amide bonds. The van der Waals surface area contributed by atoms with E-state index in [-0.39, 0.29) is 16.3 Å². The zero-order chi connectivity index (χ0) is 21.6. The Morgan fingerprint density at radius 3 is 1.83 bits per heavy atom. The van der Waals surface area contributed by atoms with Crippen molar-refractivity contribution in [1.29, 1.82) is 0 Å². The Balaban J connectivity index is 1.76. The number of aryl methyl sites for hydroxylation is 1. The summed E-state index contributed by atoms with van der Waals surface area (Å²) < 4.78 is 52.8. The molecule has 0 saturated carbocycles. The predicted molar refractivity (Wildman–Crippen MR) is 115 cm³/mol. The molecule has 3 aromatic rings. The van der Waals surface area contributed by atoms with E-state index in [1.807, 2.05) is 13.0 Å². The number of hydrogen-bond acceptors (Lipinski definition) is 5. The van der Waals surface area contributed by atoms with Crippen LogP contribution in [-0.4, -0.2) is 23.4 Å². The first kappa shape index (κ1) is 22.1. The van der Waals surface area contributed by atoms with Gasteiger partial charge in [-0.1, -0.05) is 66.2 Å². The van der Waals surface area contributed by atoms with Gasteiger partial charge in [-0.2, -0.15) is 0 Å². The van der Waals surface area contributed by atoms with Crippen molar-refractivity contribution in [3.8, 4) is 0 Å². The maximum atomic E-state index is 12.6. The number of nitrogens with one attached hydrogen (secondary N) is 3. The molecule has 0 spiro atoms. The van der Waals surface area contributed by atoms with E-state index in [1.54, 1.807) is 54.6 Å². The maximum Gasteiger partial charge on any atom is 0.253 e. The molecule has 158 valence electrons. The fourth-order valence-corrected chi connectivity index (χ4v) is 4.72. The summed E-state index contributed by atoms with van der Waals surface area (Å²) in [4.78, 5) is 2.59. The molecule has 0 aromatic heterocycles. The van der Waals surface area contributed by atoms with Crippen LogP contribution in [0.25, 0.3) is 0 Å². The molecular weight excluding hydrogens is 422 g/mol. The summed E-state index contributed by atoms with van der Waals surface area (Å²) in [5.74, 6) is 0. The summed E-state index contributed by atoms with van der Waals surface area (Å²) in [6, 6.07) is 22.8. The van der Waals surface area contributed by atoms with Crippen molar-refractivity contribution in [2.24, 2.45) is 0 Å². The Morgan fingerprint density at radius 2 is 1.23 bits per heavy atom. The first-order valence-corrected chi connectivity index (χ1v) is 12.2. The Morgan fingerprint density at radius 1 is 0.700 bits per heavy atom. The molecule has 0 unspecified atom stereocenters. The Labute approximate surface area is 177 Å². The van der Waals surface area contributed by atoms with Gasteiger partial charge in [-0.05, 0) is 36.8 Å².